The summed E-state index contributed by atoms with van der Waals surface area (Å²) in [5.41, 5.74) is 2.61. The molecule has 2 aliphatic heterocycles. The van der Waals surface area contributed by atoms with E-state index in [0.717, 1.165) is 56.3 Å². The molecule has 152 valence electrons. The number of amides is 1. The van der Waals surface area contributed by atoms with Gasteiger partial charge in [-0.15, -0.1) is 0 Å². The van der Waals surface area contributed by atoms with Crippen LogP contribution in [0.4, 0.5) is 0 Å². The van der Waals surface area contributed by atoms with Crippen LogP contribution in [-0.4, -0.2) is 53.9 Å². The zero-order valence-corrected chi connectivity index (χ0v) is 17.5. The Morgan fingerprint density at radius 2 is 2.03 bits per heavy atom. The largest absolute Gasteiger partial charge is 0.342 e. The van der Waals surface area contributed by atoms with Crippen molar-refractivity contribution in [2.45, 2.75) is 38.5 Å². The molecule has 0 radical (unpaired) electrons. The van der Waals surface area contributed by atoms with E-state index in [9.17, 15) is 10.1 Å². The summed E-state index contributed by atoms with van der Waals surface area (Å²) in [6.45, 7) is 6.06. The van der Waals surface area contributed by atoms with Crippen molar-refractivity contribution < 1.29 is 4.79 Å². The Hall–Kier alpha value is -2.45. The van der Waals surface area contributed by atoms with E-state index in [1.54, 1.807) is 6.20 Å². The van der Waals surface area contributed by atoms with Crippen LogP contribution in [0.5, 0.6) is 0 Å². The lowest BCUT2D eigenvalue weighted by Crippen LogP contribution is -2.43. The van der Waals surface area contributed by atoms with Gasteiger partial charge in [0.05, 0.1) is 11.1 Å². The molecule has 2 aromatic rings. The van der Waals surface area contributed by atoms with Crippen molar-refractivity contribution in [1.29, 1.82) is 5.26 Å². The summed E-state index contributed by atoms with van der Waals surface area (Å²) in [6.07, 6.45) is 5.74. The van der Waals surface area contributed by atoms with Crippen LogP contribution >= 0.6 is 0 Å². The number of rotatable bonds is 3. The molecular weight excluding hydrogens is 360 g/mol. The molecule has 2 fully saturated rings. The second kappa shape index (κ2) is 8.51. The van der Waals surface area contributed by atoms with Crippen LogP contribution in [0.25, 0.3) is 10.9 Å². The maximum atomic E-state index is 13.1. The van der Waals surface area contributed by atoms with E-state index in [4.69, 9.17) is 0 Å². The molecule has 1 unspecified atom stereocenters. The number of fused-ring (bicyclic) bond motifs is 1. The molecule has 0 aliphatic carbocycles. The fourth-order valence-electron chi connectivity index (χ4n) is 5.06. The van der Waals surface area contributed by atoms with E-state index in [1.165, 1.54) is 5.56 Å². The van der Waals surface area contributed by atoms with E-state index >= 15 is 0 Å². The van der Waals surface area contributed by atoms with Crippen molar-refractivity contribution in [1.82, 2.24) is 14.8 Å². The topological polar surface area (TPSA) is 60.2 Å². The fraction of sp³-hybridized carbons (Fsp3) is 0.542. The fourth-order valence-corrected chi connectivity index (χ4v) is 5.06. The summed E-state index contributed by atoms with van der Waals surface area (Å²) in [7, 11) is 2.16. The first-order valence-electron chi connectivity index (χ1n) is 10.8. The SMILES string of the molecule is CC1C[C@H](c2ccc(C#N)c3ncccc23)CN(C(=O)CC2CCN(C)CC2)C1. The minimum absolute atomic E-state index is 0.291. The van der Waals surface area contributed by atoms with Crippen molar-refractivity contribution in [3.63, 3.8) is 0 Å². The predicted molar refractivity (Wildman–Crippen MR) is 114 cm³/mol. The van der Waals surface area contributed by atoms with Crippen molar-refractivity contribution >= 4 is 16.8 Å². The maximum Gasteiger partial charge on any atom is 0.222 e. The normalized spacial score (nSPS) is 23.8. The molecule has 1 amide bonds. The summed E-state index contributed by atoms with van der Waals surface area (Å²) < 4.78 is 0. The van der Waals surface area contributed by atoms with E-state index in [2.05, 4.69) is 47.0 Å². The molecule has 3 heterocycles. The van der Waals surface area contributed by atoms with Crippen molar-refractivity contribution in [2.24, 2.45) is 11.8 Å². The van der Waals surface area contributed by atoms with Crippen LogP contribution in [0.3, 0.4) is 0 Å². The minimum Gasteiger partial charge on any atom is -0.342 e. The molecule has 0 N–H and O–H groups in total. The van der Waals surface area contributed by atoms with Gasteiger partial charge < -0.3 is 9.80 Å². The number of benzene rings is 1. The molecule has 5 heteroatoms. The molecule has 29 heavy (non-hydrogen) atoms. The third-order valence-electron chi connectivity index (χ3n) is 6.68. The Morgan fingerprint density at radius 3 is 2.79 bits per heavy atom. The number of aromatic nitrogens is 1. The molecule has 0 spiro atoms. The number of hydrogen-bond acceptors (Lipinski definition) is 4. The third kappa shape index (κ3) is 4.28. The second-order valence-electron chi connectivity index (χ2n) is 9.00. The first kappa shape index (κ1) is 19.8. The maximum absolute atomic E-state index is 13.1. The van der Waals surface area contributed by atoms with Gasteiger partial charge in [-0.3, -0.25) is 9.78 Å². The highest BCUT2D eigenvalue weighted by atomic mass is 16.2. The van der Waals surface area contributed by atoms with Crippen LogP contribution in [0, 0.1) is 23.2 Å². The summed E-state index contributed by atoms with van der Waals surface area (Å²) in [5.74, 6) is 1.60. The molecule has 1 aromatic heterocycles. The molecule has 4 rings (SSSR count). The van der Waals surface area contributed by atoms with Gasteiger partial charge >= 0.3 is 0 Å². The van der Waals surface area contributed by atoms with Crippen LogP contribution in [0.1, 0.15) is 49.7 Å². The van der Waals surface area contributed by atoms with Gasteiger partial charge in [0.1, 0.15) is 6.07 Å². The lowest BCUT2D eigenvalue weighted by atomic mass is 9.83. The number of hydrogen-bond donors (Lipinski definition) is 0. The smallest absolute Gasteiger partial charge is 0.222 e. The number of pyridine rings is 1. The summed E-state index contributed by atoms with van der Waals surface area (Å²) >= 11 is 0. The van der Waals surface area contributed by atoms with Crippen LogP contribution < -0.4 is 0 Å². The number of nitrogens with zero attached hydrogens (tertiary/aromatic N) is 4. The summed E-state index contributed by atoms with van der Waals surface area (Å²) in [4.78, 5) is 22.0. The van der Waals surface area contributed by atoms with Crippen LogP contribution in [0.2, 0.25) is 0 Å². The summed E-state index contributed by atoms with van der Waals surface area (Å²) in [5, 5.41) is 10.5. The quantitative estimate of drug-likeness (QED) is 0.800. The van der Waals surface area contributed by atoms with Gasteiger partial charge in [0, 0.05) is 37.0 Å². The first-order valence-corrected chi connectivity index (χ1v) is 10.8. The van der Waals surface area contributed by atoms with Gasteiger partial charge in [-0.05, 0) is 68.9 Å². The van der Waals surface area contributed by atoms with Gasteiger partial charge in [0.25, 0.3) is 0 Å². The lowest BCUT2D eigenvalue weighted by Gasteiger charge is -2.38. The van der Waals surface area contributed by atoms with Gasteiger partial charge in [0.2, 0.25) is 5.91 Å². The highest BCUT2D eigenvalue weighted by molar-refractivity contribution is 5.87. The Kier molecular flexibility index (Phi) is 5.82. The number of nitriles is 1. The molecule has 5 nitrogen and oxygen atoms in total. The first-order chi connectivity index (χ1) is 14.0. The van der Waals surface area contributed by atoms with Crippen LogP contribution in [-0.2, 0) is 4.79 Å². The molecule has 2 atom stereocenters. The Morgan fingerprint density at radius 1 is 1.24 bits per heavy atom. The molecule has 1 aromatic carbocycles. The zero-order chi connectivity index (χ0) is 20.4. The Balaban J connectivity index is 1.53. The van der Waals surface area contributed by atoms with Gasteiger partial charge in [-0.2, -0.15) is 5.26 Å². The molecule has 0 saturated carbocycles. The molecule has 0 bridgehead atoms. The van der Waals surface area contributed by atoms with E-state index in [0.29, 0.717) is 35.6 Å². The number of likely N-dealkylation sites (tertiary alicyclic amines) is 2. The van der Waals surface area contributed by atoms with Gasteiger partial charge in [0.15, 0.2) is 0 Å². The van der Waals surface area contributed by atoms with E-state index in [1.807, 2.05) is 12.1 Å². The molecule has 2 saturated heterocycles. The Labute approximate surface area is 173 Å². The summed E-state index contributed by atoms with van der Waals surface area (Å²) in [6, 6.07) is 10.2. The average molecular weight is 391 g/mol. The number of piperidine rings is 2. The highest BCUT2D eigenvalue weighted by Crippen LogP contribution is 2.35. The van der Waals surface area contributed by atoms with E-state index < -0.39 is 0 Å². The number of carbonyl (C=O) groups is 1. The monoisotopic (exact) mass is 390 g/mol. The second-order valence-corrected chi connectivity index (χ2v) is 9.00. The highest BCUT2D eigenvalue weighted by Gasteiger charge is 2.31. The van der Waals surface area contributed by atoms with Crippen molar-refractivity contribution in [2.75, 3.05) is 33.2 Å². The lowest BCUT2D eigenvalue weighted by molar-refractivity contribution is -0.134. The van der Waals surface area contributed by atoms with E-state index in [-0.39, 0.29) is 0 Å². The third-order valence-corrected chi connectivity index (χ3v) is 6.68. The average Bonchev–Trinajstić information content (AvgIpc) is 2.74. The number of carbonyl (C=O) groups excluding carboxylic acids is 1. The predicted octanol–water partition coefficient (Wildman–Crippen LogP) is 3.79. The van der Waals surface area contributed by atoms with Crippen molar-refractivity contribution in [3.8, 4) is 6.07 Å². The Bertz CT molecular complexity index is 926. The zero-order valence-electron chi connectivity index (χ0n) is 17.5. The standard InChI is InChI=1S/C24H30N4O/c1-17-12-20(21-6-5-19(14-25)24-22(21)4-3-9-26-24)16-28(15-17)23(29)13-18-7-10-27(2)11-8-18/h3-6,9,17-18,20H,7-8,10-13,15-16H2,1-2H3/t17?,20-/m0/s1. The van der Waals surface area contributed by atoms with Crippen LogP contribution in [0.15, 0.2) is 30.5 Å². The van der Waals surface area contributed by atoms with Gasteiger partial charge in [-0.25, -0.2) is 0 Å². The molecule has 2 aliphatic rings. The van der Waals surface area contributed by atoms with Gasteiger partial charge in [-0.1, -0.05) is 19.1 Å². The van der Waals surface area contributed by atoms with Crippen molar-refractivity contribution in [3.05, 3.63) is 41.6 Å². The minimum atomic E-state index is 0.291. The molecular formula is C24H30N4O.